The first-order valence-corrected chi connectivity index (χ1v) is 19.3. The number of nitrogens with zero attached hydrogens (tertiary/aromatic N) is 4. The first kappa shape index (κ1) is 39.9. The summed E-state index contributed by atoms with van der Waals surface area (Å²) in [5, 5.41) is 10.3. The Morgan fingerprint density at radius 1 is 0.614 bits per heavy atom. The summed E-state index contributed by atoms with van der Waals surface area (Å²) in [7, 11) is 0. The molecule has 57 heavy (non-hydrogen) atoms. The highest BCUT2D eigenvalue weighted by Gasteiger charge is 2.27. The fraction of sp³-hybridized carbons (Fsp3) is 0.220. The van der Waals surface area contributed by atoms with E-state index in [1.54, 1.807) is 56.5 Å². The number of benzene rings is 4. The summed E-state index contributed by atoms with van der Waals surface area (Å²) in [6.07, 6.45) is 8.78. The molecule has 0 atom stereocenters. The summed E-state index contributed by atoms with van der Waals surface area (Å²) in [5.41, 5.74) is -0.488. The standard InChI is InChI=1S/C22H17Cl2FN2O3.C19H15Cl2FN2O3/c1-2-11-29-17-7-3-4-8-18(17)30-19-12-14(16(25)13-15(19)23)20-21(24)26-9-5-6-10-27(26)22(20)28;20-12-10-13(22)11(9-16(12)27-15-6-2-1-5-14(15)25)17-18(21)23-7-3-4-8-24(23)19(17)26/h1,3-4,7-8,12-13H,5-6,9-11H2;1-2,5-6,9-10,25H,3-4,7-8H2. The quantitative estimate of drug-likeness (QED) is 0.153. The predicted octanol–water partition coefficient (Wildman–Crippen LogP) is 10.4. The minimum absolute atomic E-state index is 0.00854. The van der Waals surface area contributed by atoms with Crippen molar-refractivity contribution in [3.63, 3.8) is 0 Å². The first-order valence-electron chi connectivity index (χ1n) is 17.7. The Morgan fingerprint density at radius 2 is 1.04 bits per heavy atom. The maximum Gasteiger partial charge on any atom is 0.276 e. The minimum atomic E-state index is -0.674. The highest BCUT2D eigenvalue weighted by molar-refractivity contribution is 6.34. The van der Waals surface area contributed by atoms with Gasteiger partial charge in [0.1, 0.15) is 40.0 Å². The zero-order valence-corrected chi connectivity index (χ0v) is 32.9. The van der Waals surface area contributed by atoms with E-state index >= 15 is 0 Å². The lowest BCUT2D eigenvalue weighted by molar-refractivity contribution is 0.346. The average molecular weight is 857 g/mol. The van der Waals surface area contributed by atoms with E-state index in [1.165, 1.54) is 22.9 Å². The zero-order valence-electron chi connectivity index (χ0n) is 29.9. The number of terminal acetylenes is 1. The highest BCUT2D eigenvalue weighted by atomic mass is 35.5. The lowest BCUT2D eigenvalue weighted by atomic mass is 10.1. The van der Waals surface area contributed by atoms with Gasteiger partial charge in [-0.1, -0.05) is 76.6 Å². The van der Waals surface area contributed by atoms with Crippen LogP contribution in [0.2, 0.25) is 20.4 Å². The molecule has 0 aliphatic carbocycles. The second kappa shape index (κ2) is 17.0. The lowest BCUT2D eigenvalue weighted by Gasteiger charge is -2.17. The van der Waals surface area contributed by atoms with Crippen molar-refractivity contribution in [2.75, 3.05) is 6.61 Å². The van der Waals surface area contributed by atoms with E-state index in [1.807, 2.05) is 0 Å². The number of ether oxygens (including phenoxy) is 3. The van der Waals surface area contributed by atoms with Crippen molar-refractivity contribution in [2.45, 2.75) is 51.9 Å². The normalized spacial score (nSPS) is 13.1. The number of hydrogen-bond donors (Lipinski definition) is 1. The van der Waals surface area contributed by atoms with Crippen LogP contribution in [0.15, 0.2) is 82.4 Å². The number of para-hydroxylation sites is 4. The molecule has 4 aromatic carbocycles. The lowest BCUT2D eigenvalue weighted by Crippen LogP contribution is -2.27. The number of phenols is 1. The number of phenolic OH excluding ortho intramolecular Hbond substituents is 1. The summed E-state index contributed by atoms with van der Waals surface area (Å²) in [6, 6.07) is 18.1. The van der Waals surface area contributed by atoms with Crippen LogP contribution in [0, 0.1) is 24.0 Å². The van der Waals surface area contributed by atoms with Gasteiger partial charge in [-0.05, 0) is 74.2 Å². The van der Waals surface area contributed by atoms with Gasteiger partial charge in [0.15, 0.2) is 23.0 Å². The fourth-order valence-electron chi connectivity index (χ4n) is 6.66. The predicted molar refractivity (Wildman–Crippen MR) is 216 cm³/mol. The third kappa shape index (κ3) is 7.98. The van der Waals surface area contributed by atoms with Crippen molar-refractivity contribution < 1.29 is 28.1 Å². The number of aromatic nitrogens is 4. The third-order valence-corrected chi connectivity index (χ3v) is 10.7. The Balaban J connectivity index is 0.000000175. The molecule has 0 amide bonds. The third-order valence-electron chi connectivity index (χ3n) is 9.37. The Kier molecular flexibility index (Phi) is 11.9. The van der Waals surface area contributed by atoms with E-state index in [4.69, 9.17) is 67.0 Å². The number of fused-ring (bicyclic) bond motifs is 2. The Bertz CT molecular complexity index is 2660. The van der Waals surface area contributed by atoms with Gasteiger partial charge in [-0.25, -0.2) is 18.1 Å². The molecule has 0 saturated carbocycles. The summed E-state index contributed by atoms with van der Waals surface area (Å²) < 4.78 is 52.9. The molecule has 0 bridgehead atoms. The number of rotatable bonds is 8. The van der Waals surface area contributed by atoms with E-state index in [0.29, 0.717) is 37.7 Å². The van der Waals surface area contributed by atoms with Crippen LogP contribution in [0.25, 0.3) is 22.3 Å². The maximum atomic E-state index is 14.8. The summed E-state index contributed by atoms with van der Waals surface area (Å²) in [5.74, 6) is 2.16. The van der Waals surface area contributed by atoms with E-state index in [9.17, 15) is 23.5 Å². The molecule has 0 saturated heterocycles. The van der Waals surface area contributed by atoms with Gasteiger partial charge in [-0.2, -0.15) is 0 Å². The van der Waals surface area contributed by atoms with Crippen LogP contribution in [-0.2, 0) is 26.2 Å². The van der Waals surface area contributed by atoms with E-state index < -0.39 is 11.6 Å². The van der Waals surface area contributed by atoms with E-state index in [0.717, 1.165) is 37.8 Å². The van der Waals surface area contributed by atoms with Crippen LogP contribution in [0.3, 0.4) is 0 Å². The van der Waals surface area contributed by atoms with Crippen molar-refractivity contribution in [3.8, 4) is 69.1 Å². The summed E-state index contributed by atoms with van der Waals surface area (Å²) in [4.78, 5) is 25.7. The summed E-state index contributed by atoms with van der Waals surface area (Å²) >= 11 is 25.2. The van der Waals surface area contributed by atoms with Crippen molar-refractivity contribution >= 4 is 46.4 Å². The molecule has 0 radical (unpaired) electrons. The van der Waals surface area contributed by atoms with Crippen molar-refractivity contribution in [3.05, 3.63) is 125 Å². The van der Waals surface area contributed by atoms with E-state index in [2.05, 4.69) is 5.92 Å². The van der Waals surface area contributed by atoms with Gasteiger partial charge in [0.25, 0.3) is 11.1 Å². The van der Waals surface area contributed by atoms with Crippen LogP contribution >= 0.6 is 46.4 Å². The monoisotopic (exact) mass is 854 g/mol. The molecule has 0 unspecified atom stereocenters. The molecule has 10 nitrogen and oxygen atoms in total. The molecule has 2 aliphatic rings. The average Bonchev–Trinajstić information content (AvgIpc) is 3.61. The molecule has 16 heteroatoms. The number of hydrogen-bond acceptors (Lipinski definition) is 6. The van der Waals surface area contributed by atoms with Gasteiger partial charge in [-0.3, -0.25) is 19.0 Å². The maximum absolute atomic E-state index is 14.8. The number of aromatic hydroxyl groups is 1. The molecule has 6 aromatic rings. The van der Waals surface area contributed by atoms with Crippen LogP contribution in [-0.4, -0.2) is 30.4 Å². The molecule has 0 spiro atoms. The topological polar surface area (TPSA) is 102 Å². The second-order valence-electron chi connectivity index (χ2n) is 13.0. The summed E-state index contributed by atoms with van der Waals surface area (Å²) in [6.45, 7) is 2.34. The Hall–Kier alpha value is -5.32. The largest absolute Gasteiger partial charge is 0.504 e. The van der Waals surface area contributed by atoms with Crippen LogP contribution in [0.1, 0.15) is 25.7 Å². The molecular formula is C41H32Cl4F2N4O6. The Morgan fingerprint density at radius 3 is 1.49 bits per heavy atom. The van der Waals surface area contributed by atoms with Gasteiger partial charge in [0.2, 0.25) is 0 Å². The smallest absolute Gasteiger partial charge is 0.276 e. The van der Waals surface area contributed by atoms with Gasteiger partial charge >= 0.3 is 0 Å². The second-order valence-corrected chi connectivity index (χ2v) is 14.5. The first-order chi connectivity index (χ1) is 27.5. The number of halogens is 6. The molecule has 4 heterocycles. The molecule has 1 N–H and O–H groups in total. The highest BCUT2D eigenvalue weighted by Crippen LogP contribution is 2.41. The molecule has 294 valence electrons. The minimum Gasteiger partial charge on any atom is -0.504 e. The van der Waals surface area contributed by atoms with Crippen molar-refractivity contribution in [1.82, 2.24) is 18.7 Å². The van der Waals surface area contributed by atoms with Gasteiger partial charge in [0, 0.05) is 37.3 Å². The SMILES string of the molecule is C#CCOc1ccccc1Oc1cc(-c2c(Cl)n3n(c2=O)CCCC3)c(F)cc1Cl.O=c1c(-c2cc(Oc3ccccc3O)c(Cl)cc2F)c(Cl)n2n1CCCC2. The molecule has 2 aliphatic heterocycles. The molecule has 0 fully saturated rings. The Labute approximate surface area is 344 Å². The van der Waals surface area contributed by atoms with Crippen LogP contribution in [0.4, 0.5) is 8.78 Å². The van der Waals surface area contributed by atoms with Crippen molar-refractivity contribution in [2.24, 2.45) is 0 Å². The van der Waals surface area contributed by atoms with Gasteiger partial charge in [0.05, 0.1) is 21.2 Å². The zero-order chi connectivity index (χ0) is 40.4. The fourth-order valence-corrected chi connectivity index (χ4v) is 7.75. The molecular weight excluding hydrogens is 824 g/mol. The van der Waals surface area contributed by atoms with Gasteiger partial charge < -0.3 is 19.3 Å². The molecule has 2 aromatic heterocycles. The van der Waals surface area contributed by atoms with E-state index in [-0.39, 0.29) is 83.3 Å². The van der Waals surface area contributed by atoms with Crippen LogP contribution < -0.4 is 25.3 Å². The van der Waals surface area contributed by atoms with Crippen LogP contribution in [0.5, 0.6) is 34.5 Å². The molecule has 8 rings (SSSR count). The van der Waals surface area contributed by atoms with Crippen molar-refractivity contribution in [1.29, 1.82) is 0 Å². The van der Waals surface area contributed by atoms with Gasteiger partial charge in [-0.15, -0.1) is 6.42 Å².